The fraction of sp³-hybridized carbons (Fsp3) is 1.00. The van der Waals surface area contributed by atoms with Crippen LogP contribution in [0.15, 0.2) is 0 Å². The van der Waals surface area contributed by atoms with Gasteiger partial charge in [0.25, 0.3) is 0 Å². The molecule has 0 bridgehead atoms. The minimum absolute atomic E-state index is 0.763. The minimum Gasteiger partial charge on any atom is -0.381 e. The van der Waals surface area contributed by atoms with Crippen LogP contribution in [0.4, 0.5) is 0 Å². The van der Waals surface area contributed by atoms with E-state index in [1.165, 1.54) is 32.1 Å². The summed E-state index contributed by atoms with van der Waals surface area (Å²) < 4.78 is 5.61. The normalized spacial score (nSPS) is 17.1. The highest BCUT2D eigenvalue weighted by Gasteiger charge is 2.20. The molecule has 0 aromatic carbocycles. The van der Waals surface area contributed by atoms with Gasteiger partial charge in [0.05, 0.1) is 0 Å². The van der Waals surface area contributed by atoms with E-state index in [1.807, 2.05) is 0 Å². The molecule has 1 aliphatic carbocycles. The zero-order valence-electron chi connectivity index (χ0n) is 13.0. The van der Waals surface area contributed by atoms with Gasteiger partial charge < -0.3 is 15.8 Å². The fourth-order valence-electron chi connectivity index (χ4n) is 2.47. The average molecular weight is 270 g/mol. The van der Waals surface area contributed by atoms with Crippen LogP contribution in [-0.4, -0.2) is 32.8 Å². The first-order chi connectivity index (χ1) is 9.24. The summed E-state index contributed by atoms with van der Waals surface area (Å²) in [5, 5.41) is 3.51. The lowest BCUT2D eigenvalue weighted by atomic mass is 9.88. The lowest BCUT2D eigenvalue weighted by Crippen LogP contribution is -2.20. The molecule has 0 heterocycles. The van der Waals surface area contributed by atoms with Gasteiger partial charge >= 0.3 is 0 Å². The summed E-state index contributed by atoms with van der Waals surface area (Å²) in [4.78, 5) is 0. The molecular weight excluding hydrogens is 236 g/mol. The van der Waals surface area contributed by atoms with Crippen LogP contribution >= 0.6 is 0 Å². The fourth-order valence-corrected chi connectivity index (χ4v) is 2.47. The number of rotatable bonds is 13. The summed E-state index contributed by atoms with van der Waals surface area (Å²) in [7, 11) is 0. The van der Waals surface area contributed by atoms with E-state index in [1.54, 1.807) is 0 Å². The van der Waals surface area contributed by atoms with E-state index in [0.29, 0.717) is 0 Å². The topological polar surface area (TPSA) is 47.3 Å². The number of nitrogens with one attached hydrogen (secondary N) is 1. The predicted octanol–water partition coefficient (Wildman–Crippen LogP) is 2.79. The van der Waals surface area contributed by atoms with Gasteiger partial charge in [-0.2, -0.15) is 0 Å². The van der Waals surface area contributed by atoms with E-state index in [2.05, 4.69) is 19.2 Å². The van der Waals surface area contributed by atoms with Crippen LogP contribution in [0, 0.1) is 17.8 Å². The molecule has 3 nitrogen and oxygen atoms in total. The number of hydrogen-bond donors (Lipinski definition) is 2. The molecule has 0 spiro atoms. The maximum Gasteiger partial charge on any atom is 0.0494 e. The van der Waals surface area contributed by atoms with E-state index < -0.39 is 0 Å². The van der Waals surface area contributed by atoms with E-state index in [-0.39, 0.29) is 0 Å². The Labute approximate surface area is 119 Å². The highest BCUT2D eigenvalue weighted by Crippen LogP contribution is 2.28. The zero-order valence-corrected chi connectivity index (χ0v) is 13.0. The Bertz CT molecular complexity index is 205. The Kier molecular flexibility index (Phi) is 9.48. The van der Waals surface area contributed by atoms with Crippen molar-refractivity contribution in [3.63, 3.8) is 0 Å². The molecular formula is C16H34N2O. The van der Waals surface area contributed by atoms with Gasteiger partial charge in [-0.05, 0) is 75.9 Å². The summed E-state index contributed by atoms with van der Waals surface area (Å²) in [5.74, 6) is 2.46. The van der Waals surface area contributed by atoms with Crippen molar-refractivity contribution in [2.45, 2.75) is 52.4 Å². The van der Waals surface area contributed by atoms with Gasteiger partial charge in [-0.1, -0.05) is 13.8 Å². The van der Waals surface area contributed by atoms with E-state index in [4.69, 9.17) is 10.5 Å². The van der Waals surface area contributed by atoms with E-state index in [0.717, 1.165) is 57.0 Å². The van der Waals surface area contributed by atoms with Crippen molar-refractivity contribution in [3.8, 4) is 0 Å². The van der Waals surface area contributed by atoms with E-state index >= 15 is 0 Å². The molecule has 0 aliphatic heterocycles. The molecule has 1 unspecified atom stereocenters. The van der Waals surface area contributed by atoms with Crippen LogP contribution in [-0.2, 0) is 4.74 Å². The predicted molar refractivity (Wildman–Crippen MR) is 82.3 cm³/mol. The van der Waals surface area contributed by atoms with Gasteiger partial charge in [0.2, 0.25) is 0 Å². The summed E-state index contributed by atoms with van der Waals surface area (Å²) in [6.07, 6.45) is 7.66. The Morgan fingerprint density at radius 2 is 1.89 bits per heavy atom. The SMILES string of the molecule is CC(C)C(CCN)CCCNCCCOCC1CC1. The molecule has 0 saturated heterocycles. The first kappa shape index (κ1) is 16.9. The Balaban J connectivity index is 1.80. The largest absolute Gasteiger partial charge is 0.381 e. The van der Waals surface area contributed by atoms with Crippen LogP contribution in [0.5, 0.6) is 0 Å². The first-order valence-corrected chi connectivity index (χ1v) is 8.22. The van der Waals surface area contributed by atoms with Crippen LogP contribution in [0.1, 0.15) is 52.4 Å². The van der Waals surface area contributed by atoms with Crippen molar-refractivity contribution in [3.05, 3.63) is 0 Å². The molecule has 1 fully saturated rings. The van der Waals surface area contributed by atoms with Crippen molar-refractivity contribution in [2.75, 3.05) is 32.8 Å². The highest BCUT2D eigenvalue weighted by molar-refractivity contribution is 4.71. The second-order valence-corrected chi connectivity index (χ2v) is 6.35. The molecule has 1 aliphatic rings. The number of hydrogen-bond acceptors (Lipinski definition) is 3. The van der Waals surface area contributed by atoms with Crippen LogP contribution in [0.3, 0.4) is 0 Å². The molecule has 3 heteroatoms. The molecule has 114 valence electrons. The van der Waals surface area contributed by atoms with Gasteiger partial charge in [0.15, 0.2) is 0 Å². The van der Waals surface area contributed by atoms with Gasteiger partial charge in [0.1, 0.15) is 0 Å². The molecule has 0 radical (unpaired) electrons. The molecule has 1 saturated carbocycles. The van der Waals surface area contributed by atoms with Gasteiger partial charge in [-0.25, -0.2) is 0 Å². The molecule has 0 aromatic rings. The van der Waals surface area contributed by atoms with Crippen molar-refractivity contribution < 1.29 is 4.74 Å². The molecule has 1 rings (SSSR count). The second-order valence-electron chi connectivity index (χ2n) is 6.35. The van der Waals surface area contributed by atoms with E-state index in [9.17, 15) is 0 Å². The zero-order chi connectivity index (χ0) is 13.9. The standard InChI is InChI=1S/C16H34N2O/c1-14(2)16(8-9-17)5-3-10-18-11-4-12-19-13-15-6-7-15/h14-16,18H,3-13,17H2,1-2H3. The molecule has 19 heavy (non-hydrogen) atoms. The average Bonchev–Trinajstić information content (AvgIpc) is 3.19. The first-order valence-electron chi connectivity index (χ1n) is 8.22. The summed E-state index contributed by atoms with van der Waals surface area (Å²) in [5.41, 5.74) is 5.66. The Hall–Kier alpha value is -0.120. The quantitative estimate of drug-likeness (QED) is 0.506. The van der Waals surface area contributed by atoms with Gasteiger partial charge in [-0.3, -0.25) is 0 Å². The summed E-state index contributed by atoms with van der Waals surface area (Å²) in [6, 6.07) is 0. The summed E-state index contributed by atoms with van der Waals surface area (Å²) in [6.45, 7) is 9.59. The van der Waals surface area contributed by atoms with Gasteiger partial charge in [-0.15, -0.1) is 0 Å². The van der Waals surface area contributed by atoms with Crippen LogP contribution in [0.25, 0.3) is 0 Å². The van der Waals surface area contributed by atoms with Crippen molar-refractivity contribution in [2.24, 2.45) is 23.5 Å². The molecule has 3 N–H and O–H groups in total. The molecule has 0 amide bonds. The Morgan fingerprint density at radius 3 is 2.53 bits per heavy atom. The number of ether oxygens (including phenoxy) is 1. The lowest BCUT2D eigenvalue weighted by molar-refractivity contribution is 0.122. The Morgan fingerprint density at radius 1 is 1.16 bits per heavy atom. The van der Waals surface area contributed by atoms with Crippen molar-refractivity contribution in [1.29, 1.82) is 0 Å². The second kappa shape index (κ2) is 10.6. The third kappa shape index (κ3) is 9.42. The number of nitrogens with two attached hydrogens (primary N) is 1. The van der Waals surface area contributed by atoms with Crippen molar-refractivity contribution in [1.82, 2.24) is 5.32 Å². The lowest BCUT2D eigenvalue weighted by Gasteiger charge is -2.20. The van der Waals surface area contributed by atoms with Crippen LogP contribution < -0.4 is 11.1 Å². The third-order valence-corrected chi connectivity index (χ3v) is 4.10. The maximum absolute atomic E-state index is 5.66. The maximum atomic E-state index is 5.66. The smallest absolute Gasteiger partial charge is 0.0494 e. The molecule has 0 aromatic heterocycles. The minimum atomic E-state index is 0.763. The highest BCUT2D eigenvalue weighted by atomic mass is 16.5. The monoisotopic (exact) mass is 270 g/mol. The van der Waals surface area contributed by atoms with Crippen molar-refractivity contribution >= 4 is 0 Å². The van der Waals surface area contributed by atoms with Crippen LogP contribution in [0.2, 0.25) is 0 Å². The van der Waals surface area contributed by atoms with Gasteiger partial charge in [0, 0.05) is 13.2 Å². The molecule has 1 atom stereocenters. The third-order valence-electron chi connectivity index (χ3n) is 4.10. The summed E-state index contributed by atoms with van der Waals surface area (Å²) >= 11 is 0.